The van der Waals surface area contributed by atoms with Crippen molar-refractivity contribution in [2.75, 3.05) is 5.32 Å². The molecule has 0 radical (unpaired) electrons. The third-order valence-electron chi connectivity index (χ3n) is 1.61. The van der Waals surface area contributed by atoms with Crippen LogP contribution in [0.5, 0.6) is 5.75 Å². The fraction of sp³-hybridized carbons (Fsp3) is 0.125. The van der Waals surface area contributed by atoms with Gasteiger partial charge in [0.15, 0.2) is 0 Å². The highest BCUT2D eigenvalue weighted by atomic mass is 32.1. The van der Waals surface area contributed by atoms with Gasteiger partial charge in [-0.05, 0) is 29.8 Å². The molecule has 0 spiro atoms. The number of anilines is 2. The van der Waals surface area contributed by atoms with Gasteiger partial charge in [0.25, 0.3) is 0 Å². The van der Waals surface area contributed by atoms with E-state index < -0.39 is 0 Å². The number of hydrogen-bond acceptors (Lipinski definition) is 6. The normalized spacial score (nSPS) is 10.1. The van der Waals surface area contributed by atoms with Crippen LogP contribution >= 0.6 is 11.5 Å². The van der Waals surface area contributed by atoms with Gasteiger partial charge in [-0.3, -0.25) is 0 Å². The lowest BCUT2D eigenvalue weighted by molar-refractivity contribution is 0.475. The molecular weight excluding hydrogens is 200 g/mol. The summed E-state index contributed by atoms with van der Waals surface area (Å²) in [5.41, 5.74) is 1.76. The SMILES string of the molecule is Cc1cc(O)cc(Nc2nnns2)c1. The van der Waals surface area contributed by atoms with Crippen molar-refractivity contribution in [3.8, 4) is 5.75 Å². The maximum Gasteiger partial charge on any atom is 0.229 e. The number of aryl methyl sites for hydroxylation is 1. The highest BCUT2D eigenvalue weighted by Crippen LogP contribution is 2.22. The zero-order valence-corrected chi connectivity index (χ0v) is 8.25. The molecule has 0 aliphatic rings. The summed E-state index contributed by atoms with van der Waals surface area (Å²) in [6.07, 6.45) is 0. The minimum atomic E-state index is 0.227. The van der Waals surface area contributed by atoms with Gasteiger partial charge in [-0.25, -0.2) is 0 Å². The van der Waals surface area contributed by atoms with Crippen molar-refractivity contribution in [2.45, 2.75) is 6.92 Å². The van der Waals surface area contributed by atoms with Crippen molar-refractivity contribution in [2.24, 2.45) is 0 Å². The molecule has 14 heavy (non-hydrogen) atoms. The quantitative estimate of drug-likeness (QED) is 0.785. The van der Waals surface area contributed by atoms with E-state index in [9.17, 15) is 5.11 Å². The molecule has 0 saturated carbocycles. The standard InChI is InChI=1S/C8H8N4OS/c1-5-2-6(4-7(13)3-5)9-8-10-11-12-14-8/h2-4,13H,1H3,(H,9,10,12). The number of hydrogen-bond donors (Lipinski definition) is 2. The van der Waals surface area contributed by atoms with Gasteiger partial charge in [-0.1, -0.05) is 9.59 Å². The van der Waals surface area contributed by atoms with Crippen LogP contribution in [0, 0.1) is 6.92 Å². The van der Waals surface area contributed by atoms with E-state index in [-0.39, 0.29) is 5.75 Å². The largest absolute Gasteiger partial charge is 0.508 e. The van der Waals surface area contributed by atoms with Crippen molar-refractivity contribution in [3.05, 3.63) is 23.8 Å². The van der Waals surface area contributed by atoms with Gasteiger partial charge >= 0.3 is 0 Å². The van der Waals surface area contributed by atoms with Crippen molar-refractivity contribution in [1.29, 1.82) is 0 Å². The second-order valence-corrected chi connectivity index (χ2v) is 3.58. The molecule has 1 heterocycles. The molecule has 0 aliphatic carbocycles. The number of phenols is 1. The lowest BCUT2D eigenvalue weighted by Gasteiger charge is -2.03. The van der Waals surface area contributed by atoms with E-state index in [4.69, 9.17) is 0 Å². The highest BCUT2D eigenvalue weighted by Gasteiger charge is 2.00. The van der Waals surface area contributed by atoms with Crippen LogP contribution in [-0.2, 0) is 0 Å². The van der Waals surface area contributed by atoms with E-state index in [2.05, 4.69) is 20.1 Å². The average Bonchev–Trinajstić information content (AvgIpc) is 2.54. The molecule has 0 unspecified atom stereocenters. The molecule has 6 heteroatoms. The third-order valence-corrected chi connectivity index (χ3v) is 2.12. The van der Waals surface area contributed by atoms with Gasteiger partial charge in [0.05, 0.1) is 0 Å². The number of aromatic hydroxyl groups is 1. The topological polar surface area (TPSA) is 70.9 Å². The Balaban J connectivity index is 2.25. The predicted molar refractivity (Wildman–Crippen MR) is 53.8 cm³/mol. The van der Waals surface area contributed by atoms with Crippen molar-refractivity contribution >= 4 is 22.4 Å². The number of rotatable bonds is 2. The molecular formula is C8H8N4OS. The summed E-state index contributed by atoms with van der Waals surface area (Å²) < 4.78 is 3.62. The molecule has 0 bridgehead atoms. The molecule has 1 aromatic heterocycles. The van der Waals surface area contributed by atoms with Gasteiger partial charge in [-0.2, -0.15) is 0 Å². The minimum Gasteiger partial charge on any atom is -0.508 e. The molecule has 0 aliphatic heterocycles. The van der Waals surface area contributed by atoms with E-state index in [1.807, 2.05) is 13.0 Å². The lowest BCUT2D eigenvalue weighted by atomic mass is 10.2. The average molecular weight is 208 g/mol. The van der Waals surface area contributed by atoms with E-state index in [0.29, 0.717) is 5.13 Å². The van der Waals surface area contributed by atoms with E-state index in [0.717, 1.165) is 22.8 Å². The third kappa shape index (κ3) is 1.97. The molecule has 2 rings (SSSR count). The summed E-state index contributed by atoms with van der Waals surface area (Å²) in [5, 5.41) is 20.1. The van der Waals surface area contributed by atoms with Crippen LogP contribution in [0.25, 0.3) is 0 Å². The summed E-state index contributed by atoms with van der Waals surface area (Å²) in [7, 11) is 0. The van der Waals surface area contributed by atoms with Crippen LogP contribution in [0.15, 0.2) is 18.2 Å². The smallest absolute Gasteiger partial charge is 0.229 e. The van der Waals surface area contributed by atoms with E-state index in [1.54, 1.807) is 12.1 Å². The van der Waals surface area contributed by atoms with Gasteiger partial charge in [0.2, 0.25) is 5.13 Å². The molecule has 2 N–H and O–H groups in total. The summed E-state index contributed by atoms with van der Waals surface area (Å²) in [6, 6.07) is 5.21. The van der Waals surface area contributed by atoms with Crippen molar-refractivity contribution in [1.82, 2.24) is 14.8 Å². The second kappa shape index (κ2) is 3.59. The van der Waals surface area contributed by atoms with Crippen LogP contribution < -0.4 is 5.32 Å². The van der Waals surface area contributed by atoms with Gasteiger partial charge in [-0.15, -0.1) is 0 Å². The number of nitrogens with zero attached hydrogens (tertiary/aromatic N) is 3. The van der Waals surface area contributed by atoms with Crippen LogP contribution in [0.3, 0.4) is 0 Å². The summed E-state index contributed by atoms with van der Waals surface area (Å²) in [6.45, 7) is 1.91. The van der Waals surface area contributed by atoms with Gasteiger partial charge in [0.1, 0.15) is 5.75 Å². The second-order valence-electron chi connectivity index (χ2n) is 2.85. The first kappa shape index (κ1) is 8.89. The first-order chi connectivity index (χ1) is 6.74. The Morgan fingerprint density at radius 3 is 2.86 bits per heavy atom. The number of aromatic nitrogens is 3. The van der Waals surface area contributed by atoms with Crippen LogP contribution in [-0.4, -0.2) is 19.9 Å². The molecule has 0 saturated heterocycles. The van der Waals surface area contributed by atoms with Gasteiger partial charge < -0.3 is 10.4 Å². The highest BCUT2D eigenvalue weighted by molar-refractivity contribution is 7.09. The number of nitrogens with one attached hydrogen (secondary N) is 1. The Bertz CT molecular complexity index is 409. The van der Waals surface area contributed by atoms with Crippen LogP contribution in [0.2, 0.25) is 0 Å². The van der Waals surface area contributed by atoms with Gasteiger partial charge in [0, 0.05) is 23.3 Å². The monoisotopic (exact) mass is 208 g/mol. The molecule has 1 aromatic carbocycles. The minimum absolute atomic E-state index is 0.227. The molecule has 2 aromatic rings. The predicted octanol–water partition coefficient (Wildman–Crippen LogP) is 1.69. The zero-order valence-electron chi connectivity index (χ0n) is 7.43. The molecule has 0 atom stereocenters. The summed E-state index contributed by atoms with van der Waals surface area (Å²) >= 11 is 1.16. The fourth-order valence-corrected chi connectivity index (χ4v) is 1.53. The first-order valence-electron chi connectivity index (χ1n) is 3.97. The fourth-order valence-electron chi connectivity index (χ4n) is 1.14. The number of phenolic OH excluding ortho intramolecular Hbond substituents is 1. The van der Waals surface area contributed by atoms with Crippen LogP contribution in [0.4, 0.5) is 10.8 Å². The molecule has 5 nitrogen and oxygen atoms in total. The maximum atomic E-state index is 9.33. The Morgan fingerprint density at radius 2 is 2.21 bits per heavy atom. The number of benzene rings is 1. The molecule has 72 valence electrons. The van der Waals surface area contributed by atoms with E-state index >= 15 is 0 Å². The van der Waals surface area contributed by atoms with E-state index in [1.165, 1.54) is 0 Å². The Hall–Kier alpha value is -1.69. The van der Waals surface area contributed by atoms with Crippen LogP contribution in [0.1, 0.15) is 5.56 Å². The zero-order chi connectivity index (χ0) is 9.97. The summed E-state index contributed by atoms with van der Waals surface area (Å²) in [5.74, 6) is 0.227. The first-order valence-corrected chi connectivity index (χ1v) is 4.74. The maximum absolute atomic E-state index is 9.33. The molecule has 0 fully saturated rings. The Kier molecular flexibility index (Phi) is 2.28. The van der Waals surface area contributed by atoms with Crippen molar-refractivity contribution in [3.63, 3.8) is 0 Å². The lowest BCUT2D eigenvalue weighted by Crippen LogP contribution is -1.89. The molecule has 0 amide bonds. The Labute approximate surface area is 84.6 Å². The Morgan fingerprint density at radius 1 is 1.36 bits per heavy atom. The van der Waals surface area contributed by atoms with Crippen molar-refractivity contribution < 1.29 is 5.11 Å². The summed E-state index contributed by atoms with van der Waals surface area (Å²) in [4.78, 5) is 0.